The normalized spacial score (nSPS) is 18.5. The average molecular weight is 381 g/mol. The van der Waals surface area contributed by atoms with Crippen LogP contribution in [0.5, 0.6) is 0 Å². The number of aliphatic imine (C=N–C) groups is 1. The Morgan fingerprint density at radius 2 is 2.04 bits per heavy atom. The van der Waals surface area contributed by atoms with Crippen LogP contribution in [-0.2, 0) is 5.60 Å². The first-order valence-corrected chi connectivity index (χ1v) is 11.1. The van der Waals surface area contributed by atoms with Crippen molar-refractivity contribution >= 4 is 17.3 Å². The SMILES string of the molecule is CCNC(=NCC(C)(O)c1ccsc1)NCCCCCN1CCCCC1. The van der Waals surface area contributed by atoms with Crippen LogP contribution in [0.2, 0.25) is 0 Å². The van der Waals surface area contributed by atoms with Crippen LogP contribution in [-0.4, -0.2) is 55.2 Å². The van der Waals surface area contributed by atoms with Gasteiger partial charge in [0.05, 0.1) is 6.54 Å². The molecule has 26 heavy (non-hydrogen) atoms. The molecule has 1 atom stereocenters. The zero-order valence-electron chi connectivity index (χ0n) is 16.5. The van der Waals surface area contributed by atoms with E-state index in [-0.39, 0.29) is 0 Å². The predicted molar refractivity (Wildman–Crippen MR) is 112 cm³/mol. The first-order chi connectivity index (χ1) is 12.6. The fourth-order valence-electron chi connectivity index (χ4n) is 3.26. The maximum Gasteiger partial charge on any atom is 0.191 e. The third-order valence-corrected chi connectivity index (χ3v) is 5.61. The second-order valence-electron chi connectivity index (χ2n) is 7.37. The Labute approximate surface area is 162 Å². The van der Waals surface area contributed by atoms with Crippen LogP contribution in [0, 0.1) is 0 Å². The van der Waals surface area contributed by atoms with Gasteiger partial charge in [-0.1, -0.05) is 12.8 Å². The van der Waals surface area contributed by atoms with Crippen molar-refractivity contribution in [3.8, 4) is 0 Å². The van der Waals surface area contributed by atoms with Gasteiger partial charge in [0.1, 0.15) is 5.60 Å². The fraction of sp³-hybridized carbons (Fsp3) is 0.750. The summed E-state index contributed by atoms with van der Waals surface area (Å²) in [4.78, 5) is 7.18. The monoisotopic (exact) mass is 380 g/mol. The van der Waals surface area contributed by atoms with Crippen molar-refractivity contribution in [1.82, 2.24) is 15.5 Å². The average Bonchev–Trinajstić information content (AvgIpc) is 3.19. The molecule has 3 N–H and O–H groups in total. The van der Waals surface area contributed by atoms with Crippen LogP contribution in [0.25, 0.3) is 0 Å². The molecule has 0 bridgehead atoms. The van der Waals surface area contributed by atoms with Crippen LogP contribution >= 0.6 is 11.3 Å². The molecular formula is C20H36N4OS. The number of rotatable bonds is 10. The van der Waals surface area contributed by atoms with Crippen LogP contribution in [0.3, 0.4) is 0 Å². The summed E-state index contributed by atoms with van der Waals surface area (Å²) in [5.74, 6) is 0.791. The van der Waals surface area contributed by atoms with Crippen molar-refractivity contribution in [1.29, 1.82) is 0 Å². The summed E-state index contributed by atoms with van der Waals surface area (Å²) in [6.07, 6.45) is 7.83. The largest absolute Gasteiger partial charge is 0.383 e. The van der Waals surface area contributed by atoms with Gasteiger partial charge in [-0.25, -0.2) is 4.99 Å². The second kappa shape index (κ2) is 11.6. The quantitative estimate of drug-likeness (QED) is 0.331. The zero-order valence-corrected chi connectivity index (χ0v) is 17.3. The lowest BCUT2D eigenvalue weighted by molar-refractivity contribution is 0.0677. The van der Waals surface area contributed by atoms with Crippen LogP contribution in [0.1, 0.15) is 57.9 Å². The van der Waals surface area contributed by atoms with Gasteiger partial charge in [0.2, 0.25) is 0 Å². The number of nitrogens with zero attached hydrogens (tertiary/aromatic N) is 2. The van der Waals surface area contributed by atoms with E-state index >= 15 is 0 Å². The number of piperidine rings is 1. The number of hydrogen-bond donors (Lipinski definition) is 3. The van der Waals surface area contributed by atoms with Crippen LogP contribution in [0.4, 0.5) is 0 Å². The molecule has 1 unspecified atom stereocenters. The summed E-state index contributed by atoms with van der Waals surface area (Å²) in [6, 6.07) is 1.96. The molecule has 5 nitrogen and oxygen atoms in total. The molecule has 1 aliphatic rings. The third kappa shape index (κ3) is 7.64. The van der Waals surface area contributed by atoms with Crippen molar-refractivity contribution in [3.05, 3.63) is 22.4 Å². The summed E-state index contributed by atoms with van der Waals surface area (Å²) >= 11 is 1.60. The van der Waals surface area contributed by atoms with Crippen molar-refractivity contribution in [3.63, 3.8) is 0 Å². The molecule has 0 radical (unpaired) electrons. The van der Waals surface area contributed by atoms with Gasteiger partial charge in [0.25, 0.3) is 0 Å². The molecule has 1 aliphatic heterocycles. The number of unbranched alkanes of at least 4 members (excludes halogenated alkanes) is 2. The topological polar surface area (TPSA) is 59.9 Å². The number of guanidine groups is 1. The van der Waals surface area contributed by atoms with E-state index in [4.69, 9.17) is 0 Å². The van der Waals surface area contributed by atoms with E-state index in [1.807, 2.05) is 23.8 Å². The summed E-state index contributed by atoms with van der Waals surface area (Å²) in [5, 5.41) is 21.2. The van der Waals surface area contributed by atoms with E-state index in [9.17, 15) is 5.11 Å². The molecule has 6 heteroatoms. The Morgan fingerprint density at radius 3 is 2.73 bits per heavy atom. The molecule has 0 saturated carbocycles. The molecular weight excluding hydrogens is 344 g/mol. The number of aliphatic hydroxyl groups is 1. The van der Waals surface area contributed by atoms with Gasteiger partial charge in [0.15, 0.2) is 5.96 Å². The Hall–Kier alpha value is -1.11. The van der Waals surface area contributed by atoms with Gasteiger partial charge in [0, 0.05) is 13.1 Å². The molecule has 0 amide bonds. The van der Waals surface area contributed by atoms with Crippen molar-refractivity contribution in [2.24, 2.45) is 4.99 Å². The zero-order chi connectivity index (χ0) is 18.7. The van der Waals surface area contributed by atoms with E-state index in [0.717, 1.165) is 31.0 Å². The van der Waals surface area contributed by atoms with Gasteiger partial charge in [-0.05, 0) is 81.6 Å². The maximum absolute atomic E-state index is 10.6. The smallest absolute Gasteiger partial charge is 0.191 e. The highest BCUT2D eigenvalue weighted by Gasteiger charge is 2.23. The van der Waals surface area contributed by atoms with Gasteiger partial charge in [-0.3, -0.25) is 0 Å². The molecule has 1 aromatic rings. The van der Waals surface area contributed by atoms with Crippen molar-refractivity contribution < 1.29 is 5.11 Å². The Morgan fingerprint density at radius 1 is 1.23 bits per heavy atom. The van der Waals surface area contributed by atoms with E-state index in [0.29, 0.717) is 6.54 Å². The van der Waals surface area contributed by atoms with E-state index < -0.39 is 5.60 Å². The molecule has 2 heterocycles. The summed E-state index contributed by atoms with van der Waals surface area (Å²) < 4.78 is 0. The molecule has 0 spiro atoms. The van der Waals surface area contributed by atoms with Gasteiger partial charge in [-0.15, -0.1) is 0 Å². The molecule has 148 valence electrons. The van der Waals surface area contributed by atoms with Crippen LogP contribution < -0.4 is 10.6 Å². The fourth-order valence-corrected chi connectivity index (χ4v) is 4.05. The molecule has 1 saturated heterocycles. The summed E-state index contributed by atoms with van der Waals surface area (Å²) in [6.45, 7) is 9.81. The standard InChI is InChI=1S/C20H36N4OS/c1-3-21-19(23-17-20(2,25)18-10-15-26-16-18)22-11-6-4-7-12-24-13-8-5-9-14-24/h10,15-16,25H,3-9,11-14,17H2,1-2H3,(H2,21,22,23). The second-order valence-corrected chi connectivity index (χ2v) is 8.15. The highest BCUT2D eigenvalue weighted by atomic mass is 32.1. The highest BCUT2D eigenvalue weighted by molar-refractivity contribution is 7.08. The summed E-state index contributed by atoms with van der Waals surface area (Å²) in [7, 11) is 0. The minimum Gasteiger partial charge on any atom is -0.383 e. The van der Waals surface area contributed by atoms with Gasteiger partial charge < -0.3 is 20.6 Å². The minimum absolute atomic E-state index is 0.355. The van der Waals surface area contributed by atoms with E-state index in [1.165, 1.54) is 51.7 Å². The predicted octanol–water partition coefficient (Wildman–Crippen LogP) is 3.17. The van der Waals surface area contributed by atoms with Crippen LogP contribution in [0.15, 0.2) is 21.8 Å². The minimum atomic E-state index is -0.920. The van der Waals surface area contributed by atoms with Gasteiger partial charge in [-0.2, -0.15) is 11.3 Å². The lowest BCUT2D eigenvalue weighted by Gasteiger charge is -2.26. The lowest BCUT2D eigenvalue weighted by Crippen LogP contribution is -2.39. The Bertz CT molecular complexity index is 510. The first-order valence-electron chi connectivity index (χ1n) is 10.1. The number of thiophene rings is 1. The van der Waals surface area contributed by atoms with E-state index in [1.54, 1.807) is 11.3 Å². The third-order valence-electron chi connectivity index (χ3n) is 4.92. The number of likely N-dealkylation sites (tertiary alicyclic amines) is 1. The summed E-state index contributed by atoms with van der Waals surface area (Å²) in [5.41, 5.74) is 0.0105. The molecule has 1 aromatic heterocycles. The molecule has 0 aliphatic carbocycles. The maximum atomic E-state index is 10.6. The van der Waals surface area contributed by atoms with Crippen molar-refractivity contribution in [2.75, 3.05) is 39.3 Å². The lowest BCUT2D eigenvalue weighted by atomic mass is 10.00. The molecule has 1 fully saturated rings. The number of hydrogen-bond acceptors (Lipinski definition) is 4. The number of nitrogens with one attached hydrogen (secondary N) is 2. The highest BCUT2D eigenvalue weighted by Crippen LogP contribution is 2.23. The molecule has 2 rings (SSSR count). The molecule has 0 aromatic carbocycles. The first kappa shape index (κ1) is 21.2. The Kier molecular flexibility index (Phi) is 9.43. The Balaban J connectivity index is 1.65. The van der Waals surface area contributed by atoms with Gasteiger partial charge >= 0.3 is 0 Å². The van der Waals surface area contributed by atoms with E-state index in [2.05, 4.69) is 27.4 Å². The van der Waals surface area contributed by atoms with Crippen molar-refractivity contribution in [2.45, 2.75) is 58.0 Å².